The van der Waals surface area contributed by atoms with Gasteiger partial charge in [-0.1, -0.05) is 0 Å². The van der Waals surface area contributed by atoms with Crippen molar-refractivity contribution in [2.45, 2.75) is 20.1 Å². The quantitative estimate of drug-likeness (QED) is 0.753. The molecule has 0 atom stereocenters. The summed E-state index contributed by atoms with van der Waals surface area (Å²) in [6.45, 7) is 2.95. The zero-order valence-electron chi connectivity index (χ0n) is 11.3. The number of aromatic hydroxyl groups is 1. The van der Waals surface area contributed by atoms with Gasteiger partial charge in [0.25, 0.3) is 0 Å². The Morgan fingerprint density at radius 1 is 1.25 bits per heavy atom. The Hall–Kier alpha value is -2.27. The average Bonchev–Trinajstić information content (AvgIpc) is 2.48. The number of ether oxygens (including phenoxy) is 1. The van der Waals surface area contributed by atoms with Crippen molar-refractivity contribution in [2.75, 3.05) is 11.9 Å². The second-order valence-electron chi connectivity index (χ2n) is 4.27. The molecule has 0 aliphatic heterocycles. The van der Waals surface area contributed by atoms with Gasteiger partial charge in [-0.25, -0.2) is 0 Å². The maximum atomic E-state index is 9.34. The standard InChI is InChI=1S/C15H18N2O3/c1-2-20-15-6-4-12(7-11(15)10-18)16-8-13-3-5-14(19)9-17-13/h3-7,9,16,18-19H,2,8,10H2,1H3. The SMILES string of the molecule is CCOc1ccc(NCc2ccc(O)cn2)cc1CO. The molecule has 5 heteroatoms. The third kappa shape index (κ3) is 3.61. The van der Waals surface area contributed by atoms with Crippen molar-refractivity contribution >= 4 is 5.69 Å². The van der Waals surface area contributed by atoms with Crippen molar-refractivity contribution in [1.29, 1.82) is 0 Å². The second kappa shape index (κ2) is 6.77. The number of anilines is 1. The van der Waals surface area contributed by atoms with Gasteiger partial charge in [-0.2, -0.15) is 0 Å². The van der Waals surface area contributed by atoms with E-state index in [2.05, 4.69) is 10.3 Å². The minimum Gasteiger partial charge on any atom is -0.506 e. The summed E-state index contributed by atoms with van der Waals surface area (Å²) in [5.41, 5.74) is 2.45. The van der Waals surface area contributed by atoms with Crippen LogP contribution >= 0.6 is 0 Å². The van der Waals surface area contributed by atoms with Crippen LogP contribution in [0.25, 0.3) is 0 Å². The molecule has 20 heavy (non-hydrogen) atoms. The summed E-state index contributed by atoms with van der Waals surface area (Å²) in [5.74, 6) is 0.848. The summed E-state index contributed by atoms with van der Waals surface area (Å²) >= 11 is 0. The molecule has 0 spiro atoms. The summed E-state index contributed by atoms with van der Waals surface area (Å²) in [7, 11) is 0. The molecule has 0 radical (unpaired) electrons. The van der Waals surface area contributed by atoms with Gasteiger partial charge in [0.05, 0.1) is 31.6 Å². The highest BCUT2D eigenvalue weighted by Gasteiger charge is 2.04. The molecule has 0 unspecified atom stereocenters. The number of rotatable bonds is 6. The molecular weight excluding hydrogens is 256 g/mol. The lowest BCUT2D eigenvalue weighted by molar-refractivity contribution is 0.267. The van der Waals surface area contributed by atoms with E-state index in [4.69, 9.17) is 9.84 Å². The van der Waals surface area contributed by atoms with Gasteiger partial charge in [0, 0.05) is 11.3 Å². The molecule has 5 nitrogen and oxygen atoms in total. The summed E-state index contributed by atoms with van der Waals surface area (Å²) in [6, 6.07) is 8.93. The van der Waals surface area contributed by atoms with Gasteiger partial charge in [-0.05, 0) is 37.3 Å². The van der Waals surface area contributed by atoms with Crippen LogP contribution in [0.3, 0.4) is 0 Å². The van der Waals surface area contributed by atoms with E-state index >= 15 is 0 Å². The first-order valence-electron chi connectivity index (χ1n) is 6.47. The Kier molecular flexibility index (Phi) is 4.79. The Morgan fingerprint density at radius 2 is 2.10 bits per heavy atom. The Labute approximate surface area is 117 Å². The number of hydrogen-bond acceptors (Lipinski definition) is 5. The predicted molar refractivity (Wildman–Crippen MR) is 76.8 cm³/mol. The Balaban J connectivity index is 2.04. The molecule has 1 aromatic heterocycles. The summed E-state index contributed by atoms with van der Waals surface area (Å²) < 4.78 is 5.43. The van der Waals surface area contributed by atoms with Crippen molar-refractivity contribution in [1.82, 2.24) is 4.98 Å². The molecular formula is C15H18N2O3. The van der Waals surface area contributed by atoms with Gasteiger partial charge < -0.3 is 20.3 Å². The summed E-state index contributed by atoms with van der Waals surface area (Å²) in [6.07, 6.45) is 1.41. The van der Waals surface area contributed by atoms with Crippen LogP contribution in [0.4, 0.5) is 5.69 Å². The molecule has 1 aromatic carbocycles. The summed E-state index contributed by atoms with van der Waals surface area (Å²) in [4.78, 5) is 4.10. The molecule has 106 valence electrons. The van der Waals surface area contributed by atoms with Crippen LogP contribution in [0.2, 0.25) is 0 Å². The fourth-order valence-corrected chi connectivity index (χ4v) is 1.82. The fraction of sp³-hybridized carbons (Fsp3) is 0.267. The smallest absolute Gasteiger partial charge is 0.133 e. The normalized spacial score (nSPS) is 10.3. The molecule has 1 heterocycles. The lowest BCUT2D eigenvalue weighted by Gasteiger charge is -2.12. The lowest BCUT2D eigenvalue weighted by atomic mass is 10.2. The van der Waals surface area contributed by atoms with Crippen molar-refractivity contribution in [3.63, 3.8) is 0 Å². The molecule has 0 aliphatic carbocycles. The first-order chi connectivity index (χ1) is 9.72. The minimum absolute atomic E-state index is 0.0672. The number of aliphatic hydroxyl groups excluding tert-OH is 1. The number of hydrogen-bond donors (Lipinski definition) is 3. The first-order valence-corrected chi connectivity index (χ1v) is 6.47. The minimum atomic E-state index is -0.0672. The zero-order chi connectivity index (χ0) is 14.4. The number of nitrogens with zero attached hydrogens (tertiary/aromatic N) is 1. The predicted octanol–water partition coefficient (Wildman–Crippen LogP) is 2.29. The molecule has 2 aromatic rings. The van der Waals surface area contributed by atoms with E-state index in [1.54, 1.807) is 12.1 Å². The van der Waals surface area contributed by atoms with E-state index in [1.165, 1.54) is 6.20 Å². The maximum absolute atomic E-state index is 9.34. The number of pyridine rings is 1. The molecule has 0 bridgehead atoms. The van der Waals surface area contributed by atoms with Gasteiger partial charge in [0.1, 0.15) is 11.5 Å². The monoisotopic (exact) mass is 274 g/mol. The fourth-order valence-electron chi connectivity index (χ4n) is 1.82. The molecule has 3 N–H and O–H groups in total. The topological polar surface area (TPSA) is 74.6 Å². The largest absolute Gasteiger partial charge is 0.506 e. The Bertz CT molecular complexity index is 556. The highest BCUT2D eigenvalue weighted by Crippen LogP contribution is 2.23. The van der Waals surface area contributed by atoms with Crippen molar-refractivity contribution in [3.8, 4) is 11.5 Å². The highest BCUT2D eigenvalue weighted by molar-refractivity contribution is 5.51. The van der Waals surface area contributed by atoms with Gasteiger partial charge in [0.2, 0.25) is 0 Å². The number of nitrogens with one attached hydrogen (secondary N) is 1. The van der Waals surface area contributed by atoms with Crippen LogP contribution in [0, 0.1) is 0 Å². The van der Waals surface area contributed by atoms with Crippen LogP contribution in [-0.4, -0.2) is 21.8 Å². The third-order valence-electron chi connectivity index (χ3n) is 2.81. The highest BCUT2D eigenvalue weighted by atomic mass is 16.5. The number of benzene rings is 1. The van der Waals surface area contributed by atoms with Gasteiger partial charge in [-0.3, -0.25) is 4.98 Å². The molecule has 0 amide bonds. The van der Waals surface area contributed by atoms with Crippen LogP contribution in [0.5, 0.6) is 11.5 Å². The first kappa shape index (κ1) is 14.1. The number of aromatic nitrogens is 1. The van der Waals surface area contributed by atoms with E-state index < -0.39 is 0 Å². The van der Waals surface area contributed by atoms with E-state index in [9.17, 15) is 5.11 Å². The van der Waals surface area contributed by atoms with Crippen LogP contribution in [0.15, 0.2) is 36.5 Å². The zero-order valence-corrected chi connectivity index (χ0v) is 11.3. The molecule has 0 saturated heterocycles. The third-order valence-corrected chi connectivity index (χ3v) is 2.81. The van der Waals surface area contributed by atoms with E-state index in [0.717, 1.165) is 16.9 Å². The molecule has 0 fully saturated rings. The van der Waals surface area contributed by atoms with Gasteiger partial charge in [0.15, 0.2) is 0 Å². The van der Waals surface area contributed by atoms with E-state index in [0.29, 0.717) is 18.9 Å². The summed E-state index contributed by atoms with van der Waals surface area (Å²) in [5, 5.41) is 21.7. The van der Waals surface area contributed by atoms with Crippen molar-refractivity contribution < 1.29 is 14.9 Å². The van der Waals surface area contributed by atoms with Crippen molar-refractivity contribution in [2.24, 2.45) is 0 Å². The number of aliphatic hydroxyl groups is 1. The van der Waals surface area contributed by atoms with Crippen LogP contribution in [0.1, 0.15) is 18.2 Å². The molecule has 0 saturated carbocycles. The van der Waals surface area contributed by atoms with Crippen LogP contribution < -0.4 is 10.1 Å². The van der Waals surface area contributed by atoms with Gasteiger partial charge in [-0.15, -0.1) is 0 Å². The molecule has 2 rings (SSSR count). The average molecular weight is 274 g/mol. The molecule has 0 aliphatic rings. The van der Waals surface area contributed by atoms with E-state index in [1.807, 2.05) is 25.1 Å². The second-order valence-corrected chi connectivity index (χ2v) is 4.27. The van der Waals surface area contributed by atoms with Crippen LogP contribution in [-0.2, 0) is 13.2 Å². The lowest BCUT2D eigenvalue weighted by Crippen LogP contribution is -2.03. The van der Waals surface area contributed by atoms with Gasteiger partial charge >= 0.3 is 0 Å². The maximum Gasteiger partial charge on any atom is 0.133 e. The van der Waals surface area contributed by atoms with E-state index in [-0.39, 0.29) is 12.4 Å². The Morgan fingerprint density at radius 3 is 2.75 bits per heavy atom. The van der Waals surface area contributed by atoms with Crippen molar-refractivity contribution in [3.05, 3.63) is 47.8 Å².